The summed E-state index contributed by atoms with van der Waals surface area (Å²) in [5, 5.41) is 14.1. The average molecular weight is 259 g/mol. The van der Waals surface area contributed by atoms with Crippen molar-refractivity contribution in [2.45, 2.75) is 25.4 Å². The molecule has 0 radical (unpaired) electrons. The van der Waals surface area contributed by atoms with Crippen LogP contribution in [0.2, 0.25) is 0 Å². The average Bonchev–Trinajstić information content (AvgIpc) is 3.23. The monoisotopic (exact) mass is 259 g/mol. The van der Waals surface area contributed by atoms with Crippen molar-refractivity contribution in [3.63, 3.8) is 0 Å². The van der Waals surface area contributed by atoms with E-state index < -0.39 is 0 Å². The van der Waals surface area contributed by atoms with Crippen molar-refractivity contribution in [3.8, 4) is 0 Å². The van der Waals surface area contributed by atoms with Crippen LogP contribution in [0.5, 0.6) is 0 Å². The number of nitrogens with zero attached hydrogens (tertiary/aromatic N) is 3. The van der Waals surface area contributed by atoms with Crippen LogP contribution in [0.1, 0.15) is 18.4 Å². The Hall–Kier alpha value is -2.24. The molecule has 1 aliphatic carbocycles. The van der Waals surface area contributed by atoms with E-state index in [2.05, 4.69) is 25.8 Å². The number of anilines is 2. The Balaban J connectivity index is 1.60. The van der Waals surface area contributed by atoms with Crippen molar-refractivity contribution >= 4 is 11.8 Å². The van der Waals surface area contributed by atoms with Crippen LogP contribution in [0, 0.1) is 5.82 Å². The Morgan fingerprint density at radius 1 is 1.21 bits per heavy atom. The van der Waals surface area contributed by atoms with Crippen LogP contribution in [0.15, 0.2) is 30.5 Å². The third kappa shape index (κ3) is 3.37. The molecule has 0 saturated heterocycles. The van der Waals surface area contributed by atoms with Crippen molar-refractivity contribution in [1.29, 1.82) is 0 Å². The SMILES string of the molecule is Fc1ccc(CNc2nncc(NC3CC3)n2)cc1. The number of benzene rings is 1. The molecular weight excluding hydrogens is 245 g/mol. The first-order chi connectivity index (χ1) is 9.29. The van der Waals surface area contributed by atoms with E-state index in [9.17, 15) is 4.39 Å². The van der Waals surface area contributed by atoms with Gasteiger partial charge in [0.2, 0.25) is 5.95 Å². The molecule has 1 fully saturated rings. The van der Waals surface area contributed by atoms with Crippen LogP contribution in [-0.2, 0) is 6.54 Å². The van der Waals surface area contributed by atoms with Gasteiger partial charge in [-0.3, -0.25) is 0 Å². The molecule has 6 heteroatoms. The summed E-state index contributed by atoms with van der Waals surface area (Å²) in [4.78, 5) is 4.32. The van der Waals surface area contributed by atoms with Crippen LogP contribution in [-0.4, -0.2) is 21.2 Å². The van der Waals surface area contributed by atoms with Gasteiger partial charge in [0, 0.05) is 12.6 Å². The largest absolute Gasteiger partial charge is 0.366 e. The molecule has 1 aromatic carbocycles. The van der Waals surface area contributed by atoms with Gasteiger partial charge in [-0.15, -0.1) is 5.10 Å². The fourth-order valence-electron chi connectivity index (χ4n) is 1.67. The van der Waals surface area contributed by atoms with E-state index in [0.717, 1.165) is 11.4 Å². The summed E-state index contributed by atoms with van der Waals surface area (Å²) in [7, 11) is 0. The number of hydrogen-bond donors (Lipinski definition) is 2. The van der Waals surface area contributed by atoms with Gasteiger partial charge in [-0.05, 0) is 30.5 Å². The van der Waals surface area contributed by atoms with Gasteiger partial charge in [-0.1, -0.05) is 12.1 Å². The highest BCUT2D eigenvalue weighted by Gasteiger charge is 2.21. The highest BCUT2D eigenvalue weighted by Crippen LogP contribution is 2.23. The van der Waals surface area contributed by atoms with E-state index in [4.69, 9.17) is 0 Å². The van der Waals surface area contributed by atoms with Crippen molar-refractivity contribution in [2.24, 2.45) is 0 Å². The zero-order valence-corrected chi connectivity index (χ0v) is 10.3. The minimum absolute atomic E-state index is 0.239. The van der Waals surface area contributed by atoms with Gasteiger partial charge in [0.15, 0.2) is 5.82 Å². The lowest BCUT2D eigenvalue weighted by Crippen LogP contribution is -2.09. The molecule has 2 N–H and O–H groups in total. The highest BCUT2D eigenvalue weighted by molar-refractivity contribution is 5.39. The second-order valence-electron chi connectivity index (χ2n) is 4.56. The molecular formula is C13H14FN5. The zero-order valence-electron chi connectivity index (χ0n) is 10.3. The first-order valence-electron chi connectivity index (χ1n) is 6.24. The lowest BCUT2D eigenvalue weighted by Gasteiger charge is -2.06. The van der Waals surface area contributed by atoms with Gasteiger partial charge in [-0.2, -0.15) is 10.1 Å². The molecule has 1 heterocycles. The molecule has 0 bridgehead atoms. The Morgan fingerprint density at radius 2 is 2.00 bits per heavy atom. The number of rotatable bonds is 5. The fraction of sp³-hybridized carbons (Fsp3) is 0.308. The smallest absolute Gasteiger partial charge is 0.244 e. The standard InChI is InChI=1S/C13H14FN5/c14-10-3-1-9(2-4-10)7-15-13-18-12(8-16-19-13)17-11-5-6-11/h1-4,8,11H,5-7H2,(H2,15,17,18,19). The Kier molecular flexibility index (Phi) is 3.22. The second kappa shape index (κ2) is 5.17. The van der Waals surface area contributed by atoms with E-state index >= 15 is 0 Å². The predicted molar refractivity (Wildman–Crippen MR) is 70.2 cm³/mol. The minimum Gasteiger partial charge on any atom is -0.366 e. The topological polar surface area (TPSA) is 62.7 Å². The van der Waals surface area contributed by atoms with Gasteiger partial charge in [0.1, 0.15) is 5.82 Å². The molecule has 5 nitrogen and oxygen atoms in total. The molecule has 1 aliphatic rings. The van der Waals surface area contributed by atoms with Crippen LogP contribution in [0.4, 0.5) is 16.2 Å². The third-order valence-corrected chi connectivity index (χ3v) is 2.85. The Bertz CT molecular complexity index is 553. The zero-order chi connectivity index (χ0) is 13.1. The van der Waals surface area contributed by atoms with Crippen LogP contribution < -0.4 is 10.6 Å². The molecule has 19 heavy (non-hydrogen) atoms. The van der Waals surface area contributed by atoms with Gasteiger partial charge >= 0.3 is 0 Å². The maximum Gasteiger partial charge on any atom is 0.244 e. The van der Waals surface area contributed by atoms with Gasteiger partial charge in [0.05, 0.1) is 6.20 Å². The van der Waals surface area contributed by atoms with E-state index in [1.807, 2.05) is 0 Å². The summed E-state index contributed by atoms with van der Waals surface area (Å²) in [5.41, 5.74) is 0.963. The highest BCUT2D eigenvalue weighted by atomic mass is 19.1. The van der Waals surface area contributed by atoms with E-state index in [0.29, 0.717) is 18.5 Å². The number of nitrogens with one attached hydrogen (secondary N) is 2. The van der Waals surface area contributed by atoms with Gasteiger partial charge < -0.3 is 10.6 Å². The van der Waals surface area contributed by atoms with Crippen LogP contribution in [0.3, 0.4) is 0 Å². The molecule has 98 valence electrons. The lowest BCUT2D eigenvalue weighted by atomic mass is 10.2. The van der Waals surface area contributed by atoms with Crippen molar-refractivity contribution < 1.29 is 4.39 Å². The van der Waals surface area contributed by atoms with Crippen LogP contribution >= 0.6 is 0 Å². The minimum atomic E-state index is -0.239. The molecule has 2 aromatic rings. The van der Waals surface area contributed by atoms with Crippen molar-refractivity contribution in [3.05, 3.63) is 41.8 Å². The van der Waals surface area contributed by atoms with E-state index in [1.165, 1.54) is 25.0 Å². The third-order valence-electron chi connectivity index (χ3n) is 2.85. The fourth-order valence-corrected chi connectivity index (χ4v) is 1.67. The molecule has 1 aromatic heterocycles. The first kappa shape index (κ1) is 11.8. The van der Waals surface area contributed by atoms with E-state index in [1.54, 1.807) is 18.3 Å². The van der Waals surface area contributed by atoms with Crippen LogP contribution in [0.25, 0.3) is 0 Å². The summed E-state index contributed by atoms with van der Waals surface area (Å²) < 4.78 is 12.8. The van der Waals surface area contributed by atoms with E-state index in [-0.39, 0.29) is 5.82 Å². The molecule has 0 aliphatic heterocycles. The Morgan fingerprint density at radius 3 is 2.74 bits per heavy atom. The molecule has 0 unspecified atom stereocenters. The summed E-state index contributed by atoms with van der Waals surface area (Å²) in [6, 6.07) is 6.84. The predicted octanol–water partition coefficient (Wildman–Crippen LogP) is 2.20. The number of hydrogen-bond acceptors (Lipinski definition) is 5. The van der Waals surface area contributed by atoms with Crippen molar-refractivity contribution in [1.82, 2.24) is 15.2 Å². The Labute approximate surface area is 110 Å². The van der Waals surface area contributed by atoms with Gasteiger partial charge in [-0.25, -0.2) is 4.39 Å². The number of aromatic nitrogens is 3. The summed E-state index contributed by atoms with van der Waals surface area (Å²) in [6.07, 6.45) is 3.98. The molecule has 3 rings (SSSR count). The second-order valence-corrected chi connectivity index (χ2v) is 4.56. The normalized spacial score (nSPS) is 14.2. The molecule has 0 spiro atoms. The van der Waals surface area contributed by atoms with Crippen molar-refractivity contribution in [2.75, 3.05) is 10.6 Å². The summed E-state index contributed by atoms with van der Waals surface area (Å²) in [5.74, 6) is 0.964. The quantitative estimate of drug-likeness (QED) is 0.861. The first-order valence-corrected chi connectivity index (χ1v) is 6.24. The number of halogens is 1. The molecule has 1 saturated carbocycles. The van der Waals surface area contributed by atoms with Gasteiger partial charge in [0.25, 0.3) is 0 Å². The summed E-state index contributed by atoms with van der Waals surface area (Å²) in [6.45, 7) is 0.537. The molecule has 0 atom stereocenters. The summed E-state index contributed by atoms with van der Waals surface area (Å²) >= 11 is 0. The maximum atomic E-state index is 12.8. The lowest BCUT2D eigenvalue weighted by molar-refractivity contribution is 0.627. The maximum absolute atomic E-state index is 12.8. The molecule has 0 amide bonds.